The van der Waals surface area contributed by atoms with Crippen molar-refractivity contribution in [1.29, 1.82) is 0 Å². The summed E-state index contributed by atoms with van der Waals surface area (Å²) in [5.41, 5.74) is 7.83. The number of rotatable bonds is 8. The summed E-state index contributed by atoms with van der Waals surface area (Å²) in [5, 5.41) is 0. The van der Waals surface area contributed by atoms with E-state index in [1.807, 2.05) is 86.6 Å². The van der Waals surface area contributed by atoms with Crippen molar-refractivity contribution in [2.24, 2.45) is 0 Å². The fraction of sp³-hybridized carbons (Fsp3) is 0.267. The molecule has 4 nitrogen and oxygen atoms in total. The van der Waals surface area contributed by atoms with Gasteiger partial charge in [-0.15, -0.1) is 23.2 Å². The van der Waals surface area contributed by atoms with Crippen LogP contribution >= 0.6 is 23.2 Å². The number of alkyl halides is 2. The van der Waals surface area contributed by atoms with E-state index >= 15 is 0 Å². The molecule has 0 fully saturated rings. The van der Waals surface area contributed by atoms with E-state index in [4.69, 9.17) is 23.2 Å². The first-order chi connectivity index (χ1) is 17.4. The molecular weight excluding hydrogens is 491 g/mol. The number of hydrogen-bond acceptors (Lipinski definition) is 2. The molecule has 6 heteroatoms. The molecule has 4 aromatic rings. The van der Waals surface area contributed by atoms with Gasteiger partial charge in [0.1, 0.15) is 0 Å². The van der Waals surface area contributed by atoms with Gasteiger partial charge in [0, 0.05) is 45.4 Å². The van der Waals surface area contributed by atoms with Crippen LogP contribution in [-0.2, 0) is 12.8 Å². The van der Waals surface area contributed by atoms with Crippen molar-refractivity contribution >= 4 is 23.2 Å². The minimum atomic E-state index is -0.00250. The van der Waals surface area contributed by atoms with Crippen LogP contribution in [0.4, 0.5) is 0 Å². The van der Waals surface area contributed by atoms with Gasteiger partial charge in [0.15, 0.2) is 0 Å². The van der Waals surface area contributed by atoms with Crippen LogP contribution in [0.1, 0.15) is 35.4 Å². The second-order valence-corrected chi connectivity index (χ2v) is 9.40. The summed E-state index contributed by atoms with van der Waals surface area (Å²) < 4.78 is 0. The van der Waals surface area contributed by atoms with Gasteiger partial charge in [-0.25, -0.2) is 0 Å². The molecule has 0 atom stereocenters. The molecule has 0 aliphatic rings. The second-order valence-electron chi connectivity index (χ2n) is 8.64. The average Bonchev–Trinajstić information content (AvgIpc) is 2.89. The monoisotopic (exact) mass is 522 g/mol. The highest BCUT2D eigenvalue weighted by Gasteiger charge is 2.08. The molecule has 0 radical (unpaired) electrons. The van der Waals surface area contributed by atoms with E-state index in [2.05, 4.69) is 9.97 Å². The van der Waals surface area contributed by atoms with Crippen molar-refractivity contribution in [3.05, 3.63) is 116 Å². The van der Waals surface area contributed by atoms with E-state index in [9.17, 15) is 9.59 Å². The molecule has 0 unspecified atom stereocenters. The summed E-state index contributed by atoms with van der Waals surface area (Å²) in [6.45, 7) is 3.85. The van der Waals surface area contributed by atoms with Crippen LogP contribution in [-0.4, -0.2) is 21.7 Å². The summed E-state index contributed by atoms with van der Waals surface area (Å²) in [4.78, 5) is 29.5. The first kappa shape index (κ1) is 27.5. The third-order valence-corrected chi connectivity index (χ3v) is 6.49. The summed E-state index contributed by atoms with van der Waals surface area (Å²) in [7, 11) is 0. The Bertz CT molecular complexity index is 1260. The Morgan fingerprint density at radius 3 is 1.31 bits per heavy atom. The summed E-state index contributed by atoms with van der Waals surface area (Å²) in [6.07, 6.45) is 3.09. The molecule has 36 heavy (non-hydrogen) atoms. The maximum atomic E-state index is 11.8. The predicted octanol–water partition coefficient (Wildman–Crippen LogP) is 7.04. The number of aromatic nitrogens is 2. The van der Waals surface area contributed by atoms with Gasteiger partial charge in [-0.1, -0.05) is 60.7 Å². The fourth-order valence-electron chi connectivity index (χ4n) is 4.05. The molecule has 0 saturated heterocycles. The van der Waals surface area contributed by atoms with Crippen LogP contribution in [0, 0.1) is 13.8 Å². The van der Waals surface area contributed by atoms with Gasteiger partial charge in [-0.3, -0.25) is 9.59 Å². The predicted molar refractivity (Wildman–Crippen MR) is 153 cm³/mol. The van der Waals surface area contributed by atoms with Crippen LogP contribution in [0.15, 0.2) is 82.4 Å². The van der Waals surface area contributed by atoms with Crippen molar-refractivity contribution in [2.75, 3.05) is 11.8 Å². The van der Waals surface area contributed by atoms with E-state index < -0.39 is 0 Å². The highest BCUT2D eigenvalue weighted by Crippen LogP contribution is 2.23. The normalized spacial score (nSPS) is 10.6. The van der Waals surface area contributed by atoms with E-state index in [-0.39, 0.29) is 11.1 Å². The van der Waals surface area contributed by atoms with Crippen molar-refractivity contribution in [2.45, 2.75) is 39.5 Å². The van der Waals surface area contributed by atoms with Crippen LogP contribution in [0.3, 0.4) is 0 Å². The van der Waals surface area contributed by atoms with Crippen LogP contribution in [0.2, 0.25) is 0 Å². The van der Waals surface area contributed by atoms with Crippen LogP contribution < -0.4 is 11.1 Å². The molecule has 2 heterocycles. The first-order valence-electron chi connectivity index (χ1n) is 12.1. The largest absolute Gasteiger partial charge is 0.326 e. The fourth-order valence-corrected chi connectivity index (χ4v) is 4.32. The third kappa shape index (κ3) is 7.46. The molecule has 0 amide bonds. The number of halogens is 2. The number of pyridine rings is 2. The van der Waals surface area contributed by atoms with Gasteiger partial charge in [0.05, 0.1) is 0 Å². The average molecular weight is 524 g/mol. The van der Waals surface area contributed by atoms with Gasteiger partial charge < -0.3 is 9.97 Å². The lowest BCUT2D eigenvalue weighted by Crippen LogP contribution is -2.14. The third-order valence-electron chi connectivity index (χ3n) is 5.96. The van der Waals surface area contributed by atoms with Crippen LogP contribution in [0.25, 0.3) is 22.3 Å². The first-order valence-corrected chi connectivity index (χ1v) is 13.2. The van der Waals surface area contributed by atoms with Crippen molar-refractivity contribution < 1.29 is 0 Å². The minimum Gasteiger partial charge on any atom is -0.326 e. The van der Waals surface area contributed by atoms with E-state index in [0.717, 1.165) is 70.5 Å². The number of benzene rings is 2. The van der Waals surface area contributed by atoms with Gasteiger partial charge in [0.2, 0.25) is 0 Å². The van der Waals surface area contributed by atoms with E-state index in [0.29, 0.717) is 11.8 Å². The highest BCUT2D eigenvalue weighted by atomic mass is 35.5. The molecule has 2 N–H and O–H groups in total. The molecule has 0 spiro atoms. The van der Waals surface area contributed by atoms with Gasteiger partial charge >= 0.3 is 0 Å². The Morgan fingerprint density at radius 2 is 0.972 bits per heavy atom. The van der Waals surface area contributed by atoms with Crippen molar-refractivity contribution in [1.82, 2.24) is 9.97 Å². The number of aromatic amines is 2. The Labute approximate surface area is 222 Å². The summed E-state index contributed by atoms with van der Waals surface area (Å²) in [6, 6.07) is 24.1. The molecule has 4 rings (SSSR count). The Balaban J connectivity index is 0.000000201. The standard InChI is InChI=1S/2C15H16ClNO/c2*1-11-14(12-6-3-2-4-7-12)10-13(8-5-9-16)15(18)17-11/h2*2-4,6-7,10H,5,8-9H2,1H3,(H,17,18). The quantitative estimate of drug-likeness (QED) is 0.243. The molecular formula is C30H32Cl2N2O2. The SMILES string of the molecule is Cc1[nH]c(=O)c(CCCCl)cc1-c1ccccc1.Cc1[nH]c(=O)c(CCCCl)cc1-c1ccccc1. The lowest BCUT2D eigenvalue weighted by molar-refractivity contribution is 0.902. The topological polar surface area (TPSA) is 65.7 Å². The Hall–Kier alpha value is -3.08. The van der Waals surface area contributed by atoms with Gasteiger partial charge in [-0.05, 0) is 62.8 Å². The number of aryl methyl sites for hydroxylation is 4. The maximum Gasteiger partial charge on any atom is 0.251 e. The molecule has 188 valence electrons. The summed E-state index contributed by atoms with van der Waals surface area (Å²) >= 11 is 11.4. The van der Waals surface area contributed by atoms with Crippen molar-refractivity contribution in [3.8, 4) is 22.3 Å². The smallest absolute Gasteiger partial charge is 0.251 e. The van der Waals surface area contributed by atoms with Gasteiger partial charge in [-0.2, -0.15) is 0 Å². The molecule has 0 aliphatic carbocycles. The highest BCUT2D eigenvalue weighted by molar-refractivity contribution is 6.18. The maximum absolute atomic E-state index is 11.8. The Kier molecular flexibility index (Phi) is 10.6. The Morgan fingerprint density at radius 1 is 0.611 bits per heavy atom. The lowest BCUT2D eigenvalue weighted by atomic mass is 10.0. The van der Waals surface area contributed by atoms with E-state index in [1.165, 1.54) is 0 Å². The number of nitrogens with one attached hydrogen (secondary N) is 2. The van der Waals surface area contributed by atoms with E-state index in [1.54, 1.807) is 0 Å². The lowest BCUT2D eigenvalue weighted by Gasteiger charge is -2.08. The number of H-pyrrole nitrogens is 2. The number of hydrogen-bond donors (Lipinski definition) is 2. The molecule has 2 aromatic heterocycles. The zero-order valence-electron chi connectivity index (χ0n) is 20.7. The molecule has 0 aliphatic heterocycles. The molecule has 2 aromatic carbocycles. The zero-order chi connectivity index (χ0) is 25.9. The van der Waals surface area contributed by atoms with Crippen molar-refractivity contribution in [3.63, 3.8) is 0 Å². The molecule has 0 bridgehead atoms. The summed E-state index contributed by atoms with van der Waals surface area (Å²) in [5.74, 6) is 1.15. The van der Waals surface area contributed by atoms with Gasteiger partial charge in [0.25, 0.3) is 11.1 Å². The minimum absolute atomic E-state index is 0.00250. The molecule has 0 saturated carbocycles. The van der Waals surface area contributed by atoms with Crippen LogP contribution in [0.5, 0.6) is 0 Å². The second kappa shape index (κ2) is 13.9. The zero-order valence-corrected chi connectivity index (χ0v) is 22.3.